The summed E-state index contributed by atoms with van der Waals surface area (Å²) in [6, 6.07) is 20.9. The van der Waals surface area contributed by atoms with Crippen molar-refractivity contribution in [1.29, 1.82) is 0 Å². The molecule has 3 fully saturated rings. The van der Waals surface area contributed by atoms with Crippen LogP contribution in [0.3, 0.4) is 0 Å². The van der Waals surface area contributed by atoms with E-state index in [0.29, 0.717) is 47.5 Å². The van der Waals surface area contributed by atoms with E-state index in [1.165, 1.54) is 25.0 Å². The van der Waals surface area contributed by atoms with Crippen molar-refractivity contribution >= 4 is 43.0 Å². The van der Waals surface area contributed by atoms with Crippen molar-refractivity contribution in [1.82, 2.24) is 4.72 Å². The van der Waals surface area contributed by atoms with Crippen molar-refractivity contribution in [2.24, 2.45) is 5.41 Å². The molecule has 2 saturated carbocycles. The highest BCUT2D eigenvalue weighted by molar-refractivity contribution is 7.93. The highest BCUT2D eigenvalue weighted by Crippen LogP contribution is 2.54. The van der Waals surface area contributed by atoms with Crippen LogP contribution in [0.2, 0.25) is 0 Å². The summed E-state index contributed by atoms with van der Waals surface area (Å²) in [5.74, 6) is -0.406. The Morgan fingerprint density at radius 1 is 0.872 bits per heavy atom. The Morgan fingerprint density at radius 2 is 1.57 bits per heavy atom. The molecule has 47 heavy (non-hydrogen) atoms. The predicted molar refractivity (Wildman–Crippen MR) is 185 cm³/mol. The molecule has 0 radical (unpaired) electrons. The van der Waals surface area contributed by atoms with Gasteiger partial charge in [0.05, 0.1) is 39.8 Å². The first-order chi connectivity index (χ1) is 22.2. The smallest absolute Gasteiger partial charge is 0.257 e. The molecule has 0 bridgehead atoms. The molecule has 3 aromatic carbocycles. The molecule has 1 amide bonds. The number of ether oxygens (including phenoxy) is 1. The van der Waals surface area contributed by atoms with E-state index in [1.807, 2.05) is 30.3 Å². The first-order valence-electron chi connectivity index (χ1n) is 16.2. The van der Waals surface area contributed by atoms with E-state index in [9.17, 15) is 21.6 Å². The van der Waals surface area contributed by atoms with Gasteiger partial charge in [-0.3, -0.25) is 9.52 Å². The lowest BCUT2D eigenvalue weighted by Gasteiger charge is -2.36. The lowest BCUT2D eigenvalue weighted by molar-refractivity contribution is -0.00642. The Kier molecular flexibility index (Phi) is 9.16. The van der Waals surface area contributed by atoms with Crippen molar-refractivity contribution in [2.45, 2.75) is 87.7 Å². The average Bonchev–Trinajstić information content (AvgIpc) is 3.74. The molecular weight excluding hydrogens is 637 g/mol. The SMILES string of the molecule is CC(C)(C)NS(=O)(=O)c1cccc(NC(=O)c2ccc(NS(=O)(=O)C3CC(OCc4ccccc4)C3)cc2N2CCC3(CC2)CC3)c1. The van der Waals surface area contributed by atoms with Crippen LogP contribution in [0, 0.1) is 5.41 Å². The zero-order valence-corrected chi connectivity index (χ0v) is 28.8. The molecule has 1 aliphatic heterocycles. The van der Waals surface area contributed by atoms with Crippen molar-refractivity contribution in [3.05, 3.63) is 83.9 Å². The zero-order valence-electron chi connectivity index (χ0n) is 27.2. The Morgan fingerprint density at radius 3 is 2.23 bits per heavy atom. The van der Waals surface area contributed by atoms with Gasteiger partial charge < -0.3 is 15.0 Å². The molecule has 0 atom stereocenters. The van der Waals surface area contributed by atoms with Gasteiger partial charge in [-0.05, 0) is 107 Å². The molecular formula is C35H44N4O6S2. The summed E-state index contributed by atoms with van der Waals surface area (Å²) < 4.78 is 63.8. The van der Waals surface area contributed by atoms with Gasteiger partial charge in [-0.1, -0.05) is 36.4 Å². The Balaban J connectivity index is 1.17. The largest absolute Gasteiger partial charge is 0.373 e. The minimum Gasteiger partial charge on any atom is -0.373 e. The molecule has 10 nitrogen and oxygen atoms in total. The van der Waals surface area contributed by atoms with E-state index in [-0.39, 0.29) is 11.0 Å². The molecule has 2 aliphatic carbocycles. The second kappa shape index (κ2) is 12.9. The third-order valence-corrected chi connectivity index (χ3v) is 12.8. The van der Waals surface area contributed by atoms with E-state index in [1.54, 1.807) is 51.1 Å². The maximum absolute atomic E-state index is 13.7. The Hall–Kier alpha value is -3.45. The normalized spacial score (nSPS) is 20.8. The summed E-state index contributed by atoms with van der Waals surface area (Å²) in [5.41, 5.74) is 2.57. The molecule has 3 N–H and O–H groups in total. The number of carbonyl (C=O) groups excluding carboxylic acids is 1. The fourth-order valence-electron chi connectivity index (χ4n) is 6.29. The molecule has 0 aromatic heterocycles. The van der Waals surface area contributed by atoms with Crippen LogP contribution in [0.5, 0.6) is 0 Å². The molecule has 3 aromatic rings. The number of nitrogens with one attached hydrogen (secondary N) is 3. The Labute approximate surface area is 278 Å². The number of benzene rings is 3. The molecule has 1 saturated heterocycles. The molecule has 0 unspecified atom stereocenters. The van der Waals surface area contributed by atoms with E-state index in [0.717, 1.165) is 31.5 Å². The van der Waals surface area contributed by atoms with Gasteiger partial charge in [0.25, 0.3) is 5.91 Å². The third kappa shape index (κ3) is 8.17. The van der Waals surface area contributed by atoms with Crippen molar-refractivity contribution < 1.29 is 26.4 Å². The topological polar surface area (TPSA) is 134 Å². The van der Waals surface area contributed by atoms with Crippen LogP contribution in [0.1, 0.15) is 75.2 Å². The summed E-state index contributed by atoms with van der Waals surface area (Å²) in [6.45, 7) is 7.27. The average molecular weight is 681 g/mol. The third-order valence-electron chi connectivity index (χ3n) is 9.29. The van der Waals surface area contributed by atoms with Crippen molar-refractivity contribution in [3.8, 4) is 0 Å². The lowest BCUT2D eigenvalue weighted by atomic mass is 9.93. The molecule has 1 spiro atoms. The summed E-state index contributed by atoms with van der Waals surface area (Å²) >= 11 is 0. The lowest BCUT2D eigenvalue weighted by Crippen LogP contribution is -2.43. The molecule has 3 aliphatic rings. The minimum absolute atomic E-state index is 0.0460. The van der Waals surface area contributed by atoms with Gasteiger partial charge in [-0.25, -0.2) is 21.6 Å². The number of amides is 1. The summed E-state index contributed by atoms with van der Waals surface area (Å²) in [4.78, 5) is 15.9. The van der Waals surface area contributed by atoms with Crippen LogP contribution in [-0.2, 0) is 31.4 Å². The maximum atomic E-state index is 13.7. The first kappa shape index (κ1) is 33.5. The summed E-state index contributed by atoms with van der Waals surface area (Å²) in [6.07, 6.45) is 5.24. The van der Waals surface area contributed by atoms with E-state index < -0.39 is 36.7 Å². The second-order valence-electron chi connectivity index (χ2n) is 14.2. The van der Waals surface area contributed by atoms with E-state index >= 15 is 0 Å². The van der Waals surface area contributed by atoms with Gasteiger partial charge in [-0.2, -0.15) is 0 Å². The van der Waals surface area contributed by atoms with Gasteiger partial charge in [0, 0.05) is 24.3 Å². The van der Waals surface area contributed by atoms with Gasteiger partial charge in [0.2, 0.25) is 20.0 Å². The van der Waals surface area contributed by atoms with Crippen LogP contribution >= 0.6 is 0 Å². The monoisotopic (exact) mass is 680 g/mol. The zero-order chi connectivity index (χ0) is 33.5. The fourth-order valence-corrected chi connectivity index (χ4v) is 9.31. The summed E-state index contributed by atoms with van der Waals surface area (Å²) in [5, 5.41) is 2.30. The van der Waals surface area contributed by atoms with Gasteiger partial charge in [0.1, 0.15) is 0 Å². The number of anilines is 3. The number of sulfonamides is 2. The highest BCUT2D eigenvalue weighted by atomic mass is 32.2. The molecule has 252 valence electrons. The van der Waals surface area contributed by atoms with Gasteiger partial charge in [0.15, 0.2) is 0 Å². The number of rotatable bonds is 11. The van der Waals surface area contributed by atoms with Gasteiger partial charge >= 0.3 is 0 Å². The number of nitrogens with zero attached hydrogens (tertiary/aromatic N) is 1. The minimum atomic E-state index is -3.80. The van der Waals surface area contributed by atoms with Crippen LogP contribution in [-0.4, -0.2) is 52.7 Å². The van der Waals surface area contributed by atoms with Crippen LogP contribution in [0.25, 0.3) is 0 Å². The molecule has 12 heteroatoms. The van der Waals surface area contributed by atoms with Crippen LogP contribution < -0.4 is 19.7 Å². The van der Waals surface area contributed by atoms with Crippen LogP contribution in [0.15, 0.2) is 77.7 Å². The van der Waals surface area contributed by atoms with Gasteiger partial charge in [-0.15, -0.1) is 0 Å². The number of hydrogen-bond donors (Lipinski definition) is 3. The quantitative estimate of drug-likeness (QED) is 0.230. The number of piperidine rings is 1. The molecule has 6 rings (SSSR count). The number of carbonyl (C=O) groups is 1. The van der Waals surface area contributed by atoms with E-state index in [4.69, 9.17) is 4.74 Å². The maximum Gasteiger partial charge on any atom is 0.257 e. The Bertz CT molecular complexity index is 1820. The van der Waals surface area contributed by atoms with E-state index in [2.05, 4.69) is 19.7 Å². The predicted octanol–water partition coefficient (Wildman–Crippen LogP) is 5.89. The second-order valence-corrected chi connectivity index (χ2v) is 17.9. The standard InChI is InChI=1S/C35H44N4O6S2/c1-34(2,3)38-47(43,44)29-11-7-10-26(20-29)36-33(40)31-13-12-27(21-32(31)39-18-16-35(14-15-35)17-19-39)37-46(41,42)30-22-28(23-30)45-24-25-8-5-4-6-9-25/h4-13,20-21,28,30,37-38H,14-19,22-24H2,1-3H3,(H,36,40). The summed E-state index contributed by atoms with van der Waals surface area (Å²) in [7, 11) is -7.48. The fraction of sp³-hybridized carbons (Fsp3) is 0.457. The van der Waals surface area contributed by atoms with Crippen molar-refractivity contribution in [2.75, 3.05) is 28.0 Å². The molecule has 1 heterocycles. The van der Waals surface area contributed by atoms with Crippen molar-refractivity contribution in [3.63, 3.8) is 0 Å². The number of hydrogen-bond acceptors (Lipinski definition) is 7. The van der Waals surface area contributed by atoms with Crippen LogP contribution in [0.4, 0.5) is 17.1 Å². The first-order valence-corrected chi connectivity index (χ1v) is 19.2. The highest BCUT2D eigenvalue weighted by Gasteiger charge is 2.45.